The summed E-state index contributed by atoms with van der Waals surface area (Å²) in [5.74, 6) is 1.34. The van der Waals surface area contributed by atoms with Gasteiger partial charge in [-0.2, -0.15) is 9.78 Å². The summed E-state index contributed by atoms with van der Waals surface area (Å²) in [6.07, 6.45) is 6.99. The van der Waals surface area contributed by atoms with E-state index in [0.717, 1.165) is 35.7 Å². The zero-order valence-electron chi connectivity index (χ0n) is 20.3. The fourth-order valence-corrected chi connectivity index (χ4v) is 5.22. The molecule has 1 aliphatic rings. The molecule has 4 aromatic rings. The Balaban J connectivity index is 1.39. The van der Waals surface area contributed by atoms with Gasteiger partial charge in [0.25, 0.3) is 11.2 Å². The SMILES string of the molecule is O=c1c2cc(Br)ccc2nc(C2CCCCC2)n1N=Cc1ccc(OCc2ccc([N+](=O)[O-])cc2)c(Cl)c1. The topological polar surface area (TPSA) is 99.6 Å². The standard InChI is InChI=1S/C28H24BrClN4O4/c29-21-9-12-25-23(15-21)28(35)33(27(32-25)20-4-2-1-3-5-20)31-16-19-8-13-26(24(30)14-19)38-17-18-6-10-22(11-7-18)34(36)37/h6-16,20H,1-5,17H2. The number of nitrogens with zero attached hydrogens (tertiary/aromatic N) is 4. The molecule has 0 spiro atoms. The minimum absolute atomic E-state index is 0.0235. The molecular weight excluding hydrogens is 572 g/mol. The summed E-state index contributed by atoms with van der Waals surface area (Å²) in [7, 11) is 0. The van der Waals surface area contributed by atoms with E-state index in [4.69, 9.17) is 21.3 Å². The number of nitro benzene ring substituents is 1. The molecule has 0 atom stereocenters. The van der Waals surface area contributed by atoms with Crippen molar-refractivity contribution in [2.24, 2.45) is 5.10 Å². The van der Waals surface area contributed by atoms with Crippen molar-refractivity contribution in [3.8, 4) is 5.75 Å². The van der Waals surface area contributed by atoms with Gasteiger partial charge in [0.05, 0.1) is 27.1 Å². The first kappa shape index (κ1) is 26.1. The highest BCUT2D eigenvalue weighted by molar-refractivity contribution is 9.10. The number of rotatable bonds is 7. The zero-order chi connectivity index (χ0) is 26.6. The van der Waals surface area contributed by atoms with Crippen LogP contribution in [0.5, 0.6) is 5.75 Å². The Morgan fingerprint density at radius 1 is 1.11 bits per heavy atom. The van der Waals surface area contributed by atoms with Gasteiger partial charge in [0, 0.05) is 22.5 Å². The second kappa shape index (κ2) is 11.4. The summed E-state index contributed by atoms with van der Waals surface area (Å²) >= 11 is 9.91. The Morgan fingerprint density at radius 3 is 2.58 bits per heavy atom. The molecule has 0 radical (unpaired) electrons. The van der Waals surface area contributed by atoms with E-state index in [1.165, 1.54) is 23.2 Å². The molecule has 0 aliphatic heterocycles. The summed E-state index contributed by atoms with van der Waals surface area (Å²) in [5, 5.41) is 16.3. The fraction of sp³-hybridized carbons (Fsp3) is 0.250. The molecule has 1 aliphatic carbocycles. The number of non-ortho nitro benzene ring substituents is 1. The molecule has 1 saturated carbocycles. The van der Waals surface area contributed by atoms with Gasteiger partial charge >= 0.3 is 0 Å². The minimum Gasteiger partial charge on any atom is -0.487 e. The van der Waals surface area contributed by atoms with Crippen LogP contribution in [0, 0.1) is 10.1 Å². The maximum Gasteiger partial charge on any atom is 0.282 e. The highest BCUT2D eigenvalue weighted by Gasteiger charge is 2.22. The van der Waals surface area contributed by atoms with E-state index in [9.17, 15) is 14.9 Å². The van der Waals surface area contributed by atoms with Crippen molar-refractivity contribution in [2.75, 3.05) is 0 Å². The Hall–Kier alpha value is -3.56. The lowest BCUT2D eigenvalue weighted by atomic mass is 9.88. The minimum atomic E-state index is -0.444. The van der Waals surface area contributed by atoms with Crippen molar-refractivity contribution in [1.82, 2.24) is 9.66 Å². The van der Waals surface area contributed by atoms with Gasteiger partial charge in [-0.25, -0.2) is 4.98 Å². The van der Waals surface area contributed by atoms with Crippen molar-refractivity contribution in [3.63, 3.8) is 0 Å². The maximum absolute atomic E-state index is 13.5. The summed E-state index contributed by atoms with van der Waals surface area (Å²) in [4.78, 5) is 28.7. The smallest absolute Gasteiger partial charge is 0.282 e. The van der Waals surface area contributed by atoms with Crippen molar-refractivity contribution < 1.29 is 9.66 Å². The number of aromatic nitrogens is 2. The van der Waals surface area contributed by atoms with Crippen LogP contribution < -0.4 is 10.3 Å². The molecule has 0 N–H and O–H groups in total. The lowest BCUT2D eigenvalue weighted by molar-refractivity contribution is -0.384. The third kappa shape index (κ3) is 5.79. The Labute approximate surface area is 232 Å². The van der Waals surface area contributed by atoms with Crippen LogP contribution in [-0.4, -0.2) is 20.8 Å². The second-order valence-corrected chi connectivity index (χ2v) is 10.6. The maximum atomic E-state index is 13.5. The number of halogens is 2. The van der Waals surface area contributed by atoms with Crippen molar-refractivity contribution in [2.45, 2.75) is 44.6 Å². The average Bonchev–Trinajstić information content (AvgIpc) is 2.93. The van der Waals surface area contributed by atoms with Crippen LogP contribution in [0.1, 0.15) is 55.0 Å². The first-order valence-electron chi connectivity index (χ1n) is 12.3. The molecule has 1 heterocycles. The predicted molar refractivity (Wildman–Crippen MR) is 151 cm³/mol. The van der Waals surface area contributed by atoms with Gasteiger partial charge in [-0.15, -0.1) is 0 Å². The van der Waals surface area contributed by atoms with Gasteiger partial charge in [-0.1, -0.05) is 46.8 Å². The van der Waals surface area contributed by atoms with E-state index in [-0.39, 0.29) is 23.8 Å². The first-order chi connectivity index (χ1) is 18.4. The number of benzene rings is 3. The van der Waals surface area contributed by atoms with Crippen LogP contribution in [0.3, 0.4) is 0 Å². The molecular formula is C28H24BrClN4O4. The molecule has 0 amide bonds. The van der Waals surface area contributed by atoms with Crippen LogP contribution in [0.25, 0.3) is 10.9 Å². The van der Waals surface area contributed by atoms with E-state index in [1.54, 1.807) is 42.6 Å². The molecule has 0 bridgehead atoms. The number of hydrogen-bond donors (Lipinski definition) is 0. The highest BCUT2D eigenvalue weighted by atomic mass is 79.9. The van der Waals surface area contributed by atoms with Crippen molar-refractivity contribution in [3.05, 3.63) is 108 Å². The number of hydrogen-bond acceptors (Lipinski definition) is 6. The molecule has 10 heteroatoms. The van der Waals surface area contributed by atoms with Gasteiger partial charge in [0.1, 0.15) is 18.2 Å². The van der Waals surface area contributed by atoms with E-state index < -0.39 is 4.92 Å². The average molecular weight is 596 g/mol. The molecule has 38 heavy (non-hydrogen) atoms. The summed E-state index contributed by atoms with van der Waals surface area (Å²) in [6, 6.07) is 16.9. The Kier molecular flexibility index (Phi) is 7.85. The highest BCUT2D eigenvalue weighted by Crippen LogP contribution is 2.32. The summed E-state index contributed by atoms with van der Waals surface area (Å²) in [5.41, 5.74) is 1.97. The Morgan fingerprint density at radius 2 is 1.87 bits per heavy atom. The van der Waals surface area contributed by atoms with Gasteiger partial charge in [0.2, 0.25) is 0 Å². The quantitative estimate of drug-likeness (QED) is 0.127. The zero-order valence-corrected chi connectivity index (χ0v) is 22.7. The van der Waals surface area contributed by atoms with E-state index in [0.29, 0.717) is 33.1 Å². The number of fused-ring (bicyclic) bond motifs is 1. The molecule has 1 fully saturated rings. The summed E-state index contributed by atoms with van der Waals surface area (Å²) in [6.45, 7) is 0.212. The largest absolute Gasteiger partial charge is 0.487 e. The Bertz CT molecular complexity index is 1580. The van der Waals surface area contributed by atoms with Crippen LogP contribution in [0.4, 0.5) is 5.69 Å². The number of nitro groups is 1. The van der Waals surface area contributed by atoms with Crippen LogP contribution in [0.2, 0.25) is 5.02 Å². The van der Waals surface area contributed by atoms with Gasteiger partial charge < -0.3 is 4.74 Å². The van der Waals surface area contributed by atoms with Crippen LogP contribution in [-0.2, 0) is 6.61 Å². The molecule has 5 rings (SSSR count). The molecule has 8 nitrogen and oxygen atoms in total. The molecule has 194 valence electrons. The van der Waals surface area contributed by atoms with Crippen LogP contribution in [0.15, 0.2) is 75.0 Å². The normalized spacial score (nSPS) is 14.3. The lowest BCUT2D eigenvalue weighted by Gasteiger charge is -2.22. The van der Waals surface area contributed by atoms with E-state index in [2.05, 4.69) is 21.0 Å². The first-order valence-corrected chi connectivity index (χ1v) is 13.5. The van der Waals surface area contributed by atoms with Gasteiger partial charge in [-0.3, -0.25) is 14.9 Å². The predicted octanol–water partition coefficient (Wildman–Crippen LogP) is 7.23. The molecule has 0 saturated heterocycles. The monoisotopic (exact) mass is 594 g/mol. The number of ether oxygens (including phenoxy) is 1. The van der Waals surface area contributed by atoms with Crippen LogP contribution >= 0.6 is 27.5 Å². The second-order valence-electron chi connectivity index (χ2n) is 9.23. The van der Waals surface area contributed by atoms with Gasteiger partial charge in [0.15, 0.2) is 0 Å². The molecule has 3 aromatic carbocycles. The van der Waals surface area contributed by atoms with Gasteiger partial charge in [-0.05, 0) is 72.5 Å². The lowest BCUT2D eigenvalue weighted by Crippen LogP contribution is -2.25. The van der Waals surface area contributed by atoms with E-state index >= 15 is 0 Å². The van der Waals surface area contributed by atoms with Crippen molar-refractivity contribution in [1.29, 1.82) is 0 Å². The van der Waals surface area contributed by atoms with Crippen molar-refractivity contribution >= 4 is 50.3 Å². The third-order valence-electron chi connectivity index (χ3n) is 6.62. The third-order valence-corrected chi connectivity index (χ3v) is 7.41. The summed E-state index contributed by atoms with van der Waals surface area (Å²) < 4.78 is 8.04. The molecule has 0 unspecified atom stereocenters. The fourth-order valence-electron chi connectivity index (χ4n) is 4.62. The molecule has 1 aromatic heterocycles. The van der Waals surface area contributed by atoms with E-state index in [1.807, 2.05) is 12.1 Å².